The molecule has 0 bridgehead atoms. The van der Waals surface area contributed by atoms with Crippen LogP contribution in [0.5, 0.6) is 0 Å². The van der Waals surface area contributed by atoms with Crippen LogP contribution < -0.4 is 0 Å². The van der Waals surface area contributed by atoms with Crippen molar-refractivity contribution >= 4 is 12.6 Å². The molecule has 1 aliphatic carbocycles. The van der Waals surface area contributed by atoms with Crippen LogP contribution >= 0.6 is 12.6 Å². The van der Waals surface area contributed by atoms with Crippen molar-refractivity contribution in [2.24, 2.45) is 0 Å². The predicted molar refractivity (Wildman–Crippen MR) is 31.5 cm³/mol. The second kappa shape index (κ2) is 2.03. The average Bonchev–Trinajstić information content (AvgIpc) is 1.87. The largest absolute Gasteiger partial charge is 0.247 e. The van der Waals surface area contributed by atoms with Gasteiger partial charge in [-0.3, -0.25) is 0 Å². The smallest absolute Gasteiger partial charge is 0.101 e. The van der Waals surface area contributed by atoms with Crippen LogP contribution in [0, 0.1) is 0 Å². The molecule has 2 heteroatoms. The Morgan fingerprint density at radius 2 is 2.14 bits per heavy atom. The first-order chi connectivity index (χ1) is 3.29. The lowest BCUT2D eigenvalue weighted by Crippen LogP contribution is -1.91. The van der Waals surface area contributed by atoms with Crippen molar-refractivity contribution in [1.29, 1.82) is 0 Å². The Morgan fingerprint density at radius 3 is 2.29 bits per heavy atom. The van der Waals surface area contributed by atoms with Gasteiger partial charge in [0, 0.05) is 5.25 Å². The molecule has 0 spiro atoms. The number of hydrogen-bond donors (Lipinski definition) is 1. The van der Waals surface area contributed by atoms with Crippen molar-refractivity contribution in [3.8, 4) is 0 Å². The molecule has 1 saturated carbocycles. The molecule has 42 valence electrons. The fourth-order valence-corrected chi connectivity index (χ4v) is 1.28. The quantitative estimate of drug-likeness (QED) is 0.463. The van der Waals surface area contributed by atoms with E-state index in [1.54, 1.807) is 0 Å². The normalized spacial score (nSPS) is 42.0. The van der Waals surface area contributed by atoms with Crippen LogP contribution in [0.1, 0.15) is 19.3 Å². The maximum atomic E-state index is 12.1. The first kappa shape index (κ1) is 5.42. The maximum Gasteiger partial charge on any atom is 0.101 e. The van der Waals surface area contributed by atoms with Crippen molar-refractivity contribution in [2.75, 3.05) is 0 Å². The van der Waals surface area contributed by atoms with Crippen molar-refractivity contribution in [1.82, 2.24) is 0 Å². The fourth-order valence-electron chi connectivity index (χ4n) is 0.904. The van der Waals surface area contributed by atoms with E-state index in [4.69, 9.17) is 0 Å². The molecule has 1 rings (SSSR count). The fraction of sp³-hybridized carbons (Fsp3) is 1.00. The van der Waals surface area contributed by atoms with Gasteiger partial charge in [0.2, 0.25) is 0 Å². The third-order valence-electron chi connectivity index (χ3n) is 1.34. The van der Waals surface area contributed by atoms with E-state index >= 15 is 0 Å². The third-order valence-corrected chi connectivity index (χ3v) is 1.81. The summed E-state index contributed by atoms with van der Waals surface area (Å²) < 4.78 is 12.1. The van der Waals surface area contributed by atoms with Gasteiger partial charge in [-0.2, -0.15) is 12.6 Å². The highest BCUT2D eigenvalue weighted by Crippen LogP contribution is 2.25. The van der Waals surface area contributed by atoms with E-state index in [0.29, 0.717) is 11.7 Å². The highest BCUT2D eigenvalue weighted by atomic mass is 32.1. The van der Waals surface area contributed by atoms with Gasteiger partial charge in [-0.25, -0.2) is 4.39 Å². The van der Waals surface area contributed by atoms with E-state index < -0.39 is 6.17 Å². The van der Waals surface area contributed by atoms with Gasteiger partial charge in [0.1, 0.15) is 6.17 Å². The summed E-state index contributed by atoms with van der Waals surface area (Å²) in [4.78, 5) is 0. The van der Waals surface area contributed by atoms with Gasteiger partial charge in [-0.05, 0) is 19.3 Å². The SMILES string of the molecule is FC1CCC(S)C1. The summed E-state index contributed by atoms with van der Waals surface area (Å²) in [5.74, 6) is 0. The molecule has 0 saturated heterocycles. The van der Waals surface area contributed by atoms with Crippen LogP contribution in [-0.2, 0) is 0 Å². The molecule has 0 heterocycles. The summed E-state index contributed by atoms with van der Waals surface area (Å²) in [6.45, 7) is 0. The molecule has 0 amide bonds. The molecule has 0 nitrogen and oxygen atoms in total. The molecular weight excluding hydrogens is 111 g/mol. The Balaban J connectivity index is 2.26. The topological polar surface area (TPSA) is 0 Å². The molecule has 0 aromatic carbocycles. The summed E-state index contributed by atoms with van der Waals surface area (Å²) in [5, 5.41) is 0.343. The van der Waals surface area contributed by atoms with E-state index in [1.165, 1.54) is 0 Å². The zero-order chi connectivity index (χ0) is 5.28. The number of alkyl halides is 1. The average molecular weight is 120 g/mol. The van der Waals surface area contributed by atoms with Gasteiger partial charge in [-0.1, -0.05) is 0 Å². The predicted octanol–water partition coefficient (Wildman–Crippen LogP) is 1.81. The minimum absolute atomic E-state index is 0.343. The van der Waals surface area contributed by atoms with E-state index in [-0.39, 0.29) is 0 Å². The Bertz CT molecular complexity index is 57.1. The Hall–Kier alpha value is 0.280. The number of hydrogen-bond acceptors (Lipinski definition) is 1. The zero-order valence-electron chi connectivity index (χ0n) is 4.10. The molecule has 0 radical (unpaired) electrons. The monoisotopic (exact) mass is 120 g/mol. The first-order valence-corrected chi connectivity index (χ1v) is 3.13. The maximum absolute atomic E-state index is 12.1. The number of rotatable bonds is 0. The van der Waals surface area contributed by atoms with Crippen LogP contribution in [0.2, 0.25) is 0 Å². The number of thiol groups is 1. The highest BCUT2D eigenvalue weighted by molar-refractivity contribution is 7.80. The van der Waals surface area contributed by atoms with Gasteiger partial charge >= 0.3 is 0 Å². The van der Waals surface area contributed by atoms with Gasteiger partial charge in [-0.15, -0.1) is 0 Å². The Labute approximate surface area is 48.5 Å². The third kappa shape index (κ3) is 1.34. The van der Waals surface area contributed by atoms with E-state index in [2.05, 4.69) is 12.6 Å². The van der Waals surface area contributed by atoms with Crippen LogP contribution in [0.15, 0.2) is 0 Å². The minimum atomic E-state index is -0.553. The lowest BCUT2D eigenvalue weighted by molar-refractivity contribution is 0.343. The van der Waals surface area contributed by atoms with Crippen molar-refractivity contribution in [2.45, 2.75) is 30.7 Å². The van der Waals surface area contributed by atoms with Crippen molar-refractivity contribution < 1.29 is 4.39 Å². The van der Waals surface area contributed by atoms with Crippen LogP contribution in [0.3, 0.4) is 0 Å². The summed E-state index contributed by atoms with van der Waals surface area (Å²) in [5.41, 5.74) is 0. The summed E-state index contributed by atoms with van der Waals surface area (Å²) >= 11 is 4.11. The molecule has 1 fully saturated rings. The van der Waals surface area contributed by atoms with Crippen LogP contribution in [0.4, 0.5) is 4.39 Å². The summed E-state index contributed by atoms with van der Waals surface area (Å²) in [6, 6.07) is 0. The molecule has 1 aliphatic rings. The lowest BCUT2D eigenvalue weighted by Gasteiger charge is -1.92. The highest BCUT2D eigenvalue weighted by Gasteiger charge is 2.20. The van der Waals surface area contributed by atoms with E-state index in [0.717, 1.165) is 12.8 Å². The summed E-state index contributed by atoms with van der Waals surface area (Å²) in [7, 11) is 0. The standard InChI is InChI=1S/C5H9FS/c6-4-1-2-5(7)3-4/h4-5,7H,1-3H2. The molecule has 0 aromatic rings. The Morgan fingerprint density at radius 1 is 1.43 bits per heavy atom. The van der Waals surface area contributed by atoms with Crippen molar-refractivity contribution in [3.63, 3.8) is 0 Å². The minimum Gasteiger partial charge on any atom is -0.247 e. The lowest BCUT2D eigenvalue weighted by atomic mass is 10.3. The van der Waals surface area contributed by atoms with E-state index in [9.17, 15) is 4.39 Å². The number of halogens is 1. The van der Waals surface area contributed by atoms with Gasteiger partial charge in [0.15, 0.2) is 0 Å². The summed E-state index contributed by atoms with van der Waals surface area (Å²) in [6.07, 6.45) is 1.81. The molecule has 2 unspecified atom stereocenters. The van der Waals surface area contributed by atoms with Gasteiger partial charge < -0.3 is 0 Å². The Kier molecular flexibility index (Phi) is 1.57. The molecule has 7 heavy (non-hydrogen) atoms. The molecular formula is C5H9FS. The molecule has 2 atom stereocenters. The molecule has 0 aliphatic heterocycles. The molecule has 0 N–H and O–H groups in total. The van der Waals surface area contributed by atoms with Crippen LogP contribution in [-0.4, -0.2) is 11.4 Å². The second-order valence-electron chi connectivity index (χ2n) is 2.06. The van der Waals surface area contributed by atoms with Gasteiger partial charge in [0.25, 0.3) is 0 Å². The second-order valence-corrected chi connectivity index (χ2v) is 2.79. The van der Waals surface area contributed by atoms with Crippen molar-refractivity contribution in [3.05, 3.63) is 0 Å². The van der Waals surface area contributed by atoms with E-state index in [1.807, 2.05) is 0 Å². The molecule has 0 aromatic heterocycles. The van der Waals surface area contributed by atoms with Crippen LogP contribution in [0.25, 0.3) is 0 Å². The first-order valence-electron chi connectivity index (χ1n) is 2.61. The van der Waals surface area contributed by atoms with Gasteiger partial charge in [0.05, 0.1) is 0 Å². The zero-order valence-corrected chi connectivity index (χ0v) is 5.00.